The van der Waals surface area contributed by atoms with Gasteiger partial charge >= 0.3 is 5.69 Å². The Balaban J connectivity index is 2.29. The van der Waals surface area contributed by atoms with E-state index in [9.17, 15) is 18.8 Å². The molecule has 0 bridgehead atoms. The van der Waals surface area contributed by atoms with Gasteiger partial charge in [-0.05, 0) is 24.3 Å². The van der Waals surface area contributed by atoms with Crippen LogP contribution in [0.15, 0.2) is 57.2 Å². The van der Waals surface area contributed by atoms with Crippen molar-refractivity contribution in [1.82, 2.24) is 14.0 Å². The molecule has 0 atom stereocenters. The van der Waals surface area contributed by atoms with Gasteiger partial charge in [0, 0.05) is 49.5 Å². The molecule has 0 aliphatic rings. The molecule has 6 nitrogen and oxygen atoms in total. The van der Waals surface area contributed by atoms with Crippen molar-refractivity contribution in [3.63, 3.8) is 0 Å². The highest BCUT2D eigenvalue weighted by atomic mass is 79.9. The van der Waals surface area contributed by atoms with Crippen LogP contribution < -0.4 is 11.2 Å². The number of benzene rings is 1. The summed E-state index contributed by atoms with van der Waals surface area (Å²) in [7, 11) is 2.88. The van der Waals surface area contributed by atoms with Crippen LogP contribution in [0.25, 0.3) is 6.08 Å². The highest BCUT2D eigenvalue weighted by molar-refractivity contribution is 9.10. The third-order valence-corrected chi connectivity index (χ3v) is 4.40. The lowest BCUT2D eigenvalue weighted by molar-refractivity contribution is -0.126. The minimum atomic E-state index is -0.504. The number of aryl methyl sites for hydroxylation is 1. The zero-order valence-corrected chi connectivity index (χ0v) is 16.6. The molecule has 0 N–H and O–H groups in total. The lowest BCUT2D eigenvalue weighted by Crippen LogP contribution is -2.37. The standard InChI is InChI=1S/C19H19BrFN3O3/c1-4-9-24(12-14-10-15(20)6-7-16(14)21)17(25)8-5-13-11-22(2)19(27)23(3)18(13)26/h4-8,10-11H,1,9,12H2,2-3H3/b8-5+. The number of hydrogen-bond acceptors (Lipinski definition) is 3. The first-order valence-corrected chi connectivity index (χ1v) is 8.82. The topological polar surface area (TPSA) is 64.3 Å². The van der Waals surface area contributed by atoms with E-state index in [4.69, 9.17) is 0 Å². The van der Waals surface area contributed by atoms with Crippen molar-refractivity contribution in [3.05, 3.63) is 85.4 Å². The fourth-order valence-corrected chi connectivity index (χ4v) is 2.88. The molecule has 142 valence electrons. The Kier molecular flexibility index (Phi) is 6.68. The maximum atomic E-state index is 14.0. The van der Waals surface area contributed by atoms with Gasteiger partial charge in [-0.2, -0.15) is 0 Å². The Morgan fingerprint density at radius 3 is 2.70 bits per heavy atom. The average Bonchev–Trinajstić information content (AvgIpc) is 2.64. The molecule has 0 spiro atoms. The predicted octanol–water partition coefficient (Wildman–Crippen LogP) is 2.21. The van der Waals surface area contributed by atoms with Gasteiger partial charge in [0.05, 0.1) is 5.56 Å². The molecule has 1 heterocycles. The predicted molar refractivity (Wildman–Crippen MR) is 106 cm³/mol. The number of aromatic nitrogens is 2. The van der Waals surface area contributed by atoms with Crippen molar-refractivity contribution in [2.24, 2.45) is 14.1 Å². The molecule has 1 aromatic carbocycles. The molecule has 27 heavy (non-hydrogen) atoms. The Hall–Kier alpha value is -2.74. The minimum absolute atomic E-state index is 0.0474. The van der Waals surface area contributed by atoms with Gasteiger partial charge in [-0.3, -0.25) is 14.2 Å². The highest BCUT2D eigenvalue weighted by Gasteiger charge is 2.13. The van der Waals surface area contributed by atoms with E-state index in [2.05, 4.69) is 22.5 Å². The molecule has 1 amide bonds. The zero-order valence-electron chi connectivity index (χ0n) is 15.0. The summed E-state index contributed by atoms with van der Waals surface area (Å²) in [5.74, 6) is -0.832. The van der Waals surface area contributed by atoms with E-state index in [1.165, 1.54) is 54.1 Å². The van der Waals surface area contributed by atoms with Gasteiger partial charge in [0.1, 0.15) is 5.82 Å². The maximum Gasteiger partial charge on any atom is 0.330 e. The molecule has 0 saturated carbocycles. The van der Waals surface area contributed by atoms with Gasteiger partial charge in [-0.15, -0.1) is 6.58 Å². The molecule has 0 unspecified atom stereocenters. The average molecular weight is 436 g/mol. The first-order valence-electron chi connectivity index (χ1n) is 8.03. The fraction of sp³-hybridized carbons (Fsp3) is 0.211. The summed E-state index contributed by atoms with van der Waals surface area (Å²) in [6.45, 7) is 3.87. The summed E-state index contributed by atoms with van der Waals surface area (Å²) in [4.78, 5) is 37.8. The smallest absolute Gasteiger partial charge is 0.330 e. The van der Waals surface area contributed by atoms with Crippen LogP contribution in [0.2, 0.25) is 0 Å². The van der Waals surface area contributed by atoms with E-state index < -0.39 is 23.0 Å². The van der Waals surface area contributed by atoms with Crippen LogP contribution in [0, 0.1) is 5.82 Å². The normalized spacial score (nSPS) is 11.0. The van der Waals surface area contributed by atoms with Crippen molar-refractivity contribution in [2.75, 3.05) is 6.54 Å². The maximum absolute atomic E-state index is 14.0. The lowest BCUT2D eigenvalue weighted by Gasteiger charge is -2.20. The number of hydrogen-bond donors (Lipinski definition) is 0. The quantitative estimate of drug-likeness (QED) is 0.516. The van der Waals surface area contributed by atoms with Crippen LogP contribution >= 0.6 is 15.9 Å². The van der Waals surface area contributed by atoms with E-state index in [1.54, 1.807) is 12.1 Å². The van der Waals surface area contributed by atoms with Crippen LogP contribution in [-0.2, 0) is 25.4 Å². The SMILES string of the molecule is C=CCN(Cc1cc(Br)ccc1F)C(=O)/C=C/c1cn(C)c(=O)n(C)c1=O. The molecule has 8 heteroatoms. The first-order chi connectivity index (χ1) is 12.7. The van der Waals surface area contributed by atoms with Crippen molar-refractivity contribution >= 4 is 27.9 Å². The number of rotatable bonds is 6. The van der Waals surface area contributed by atoms with Gasteiger partial charge < -0.3 is 9.47 Å². The molecule has 1 aromatic heterocycles. The van der Waals surface area contributed by atoms with Crippen LogP contribution in [0.5, 0.6) is 0 Å². The van der Waals surface area contributed by atoms with Gasteiger partial charge in [0.15, 0.2) is 0 Å². The van der Waals surface area contributed by atoms with E-state index in [0.29, 0.717) is 10.0 Å². The molecule has 0 radical (unpaired) electrons. The van der Waals surface area contributed by atoms with Gasteiger partial charge in [0.2, 0.25) is 5.91 Å². The van der Waals surface area contributed by atoms with Gasteiger partial charge in [-0.1, -0.05) is 22.0 Å². The first kappa shape index (κ1) is 20.6. The van der Waals surface area contributed by atoms with Gasteiger partial charge in [-0.25, -0.2) is 9.18 Å². The van der Waals surface area contributed by atoms with E-state index >= 15 is 0 Å². The number of halogens is 2. The van der Waals surface area contributed by atoms with Crippen molar-refractivity contribution in [1.29, 1.82) is 0 Å². The van der Waals surface area contributed by atoms with Gasteiger partial charge in [0.25, 0.3) is 5.56 Å². The fourth-order valence-electron chi connectivity index (χ4n) is 2.48. The molecule has 2 rings (SSSR count). The molecule has 0 fully saturated rings. The second kappa shape index (κ2) is 8.77. The monoisotopic (exact) mass is 435 g/mol. The Morgan fingerprint density at radius 1 is 1.33 bits per heavy atom. The van der Waals surface area contributed by atoms with E-state index in [-0.39, 0.29) is 18.7 Å². The summed E-state index contributed by atoms with van der Waals surface area (Å²) < 4.78 is 16.9. The number of carbonyl (C=O) groups is 1. The summed E-state index contributed by atoms with van der Waals surface area (Å²) in [5, 5.41) is 0. The molecular weight excluding hydrogens is 417 g/mol. The third-order valence-electron chi connectivity index (χ3n) is 3.91. The van der Waals surface area contributed by atoms with Crippen LogP contribution in [0.1, 0.15) is 11.1 Å². The molecule has 0 aliphatic carbocycles. The van der Waals surface area contributed by atoms with Crippen molar-refractivity contribution in [3.8, 4) is 0 Å². The lowest BCUT2D eigenvalue weighted by atomic mass is 10.2. The molecular formula is C19H19BrFN3O3. The highest BCUT2D eigenvalue weighted by Crippen LogP contribution is 2.17. The zero-order chi connectivity index (χ0) is 20.1. The largest absolute Gasteiger partial charge is 0.331 e. The summed E-state index contributed by atoms with van der Waals surface area (Å²) in [6, 6.07) is 4.50. The Bertz CT molecular complexity index is 1020. The van der Waals surface area contributed by atoms with Crippen LogP contribution in [0.3, 0.4) is 0 Å². The second-order valence-corrected chi connectivity index (χ2v) is 6.83. The third kappa shape index (κ3) is 4.91. The molecule has 0 saturated heterocycles. The van der Waals surface area contributed by atoms with Crippen molar-refractivity contribution in [2.45, 2.75) is 6.54 Å². The second-order valence-electron chi connectivity index (χ2n) is 5.92. The van der Waals surface area contributed by atoms with Crippen molar-refractivity contribution < 1.29 is 9.18 Å². The number of carbonyl (C=O) groups excluding carboxylic acids is 1. The minimum Gasteiger partial charge on any atom is -0.331 e. The molecule has 2 aromatic rings. The van der Waals surface area contributed by atoms with E-state index in [0.717, 1.165) is 4.57 Å². The van der Waals surface area contributed by atoms with E-state index in [1.807, 2.05) is 0 Å². The summed E-state index contributed by atoms with van der Waals surface area (Å²) in [5.41, 5.74) is -0.413. The summed E-state index contributed by atoms with van der Waals surface area (Å²) >= 11 is 3.28. The molecule has 0 aliphatic heterocycles. The van der Waals surface area contributed by atoms with Crippen LogP contribution in [-0.4, -0.2) is 26.5 Å². The number of amides is 1. The van der Waals surface area contributed by atoms with Crippen LogP contribution in [0.4, 0.5) is 4.39 Å². The number of nitrogens with zero attached hydrogens (tertiary/aromatic N) is 3. The summed E-state index contributed by atoms with van der Waals surface area (Å²) in [6.07, 6.45) is 5.46. The Morgan fingerprint density at radius 2 is 2.04 bits per heavy atom. The Labute approximate surface area is 164 Å².